The average molecular weight is 196 g/mol. The van der Waals surface area contributed by atoms with Crippen molar-refractivity contribution in [3.05, 3.63) is 18.0 Å². The van der Waals surface area contributed by atoms with E-state index in [0.29, 0.717) is 12.0 Å². The lowest BCUT2D eigenvalue weighted by molar-refractivity contribution is -0.148. The van der Waals surface area contributed by atoms with Gasteiger partial charge >= 0.3 is 5.97 Å². The molecule has 0 aromatic carbocycles. The van der Waals surface area contributed by atoms with Crippen molar-refractivity contribution in [2.45, 2.75) is 26.5 Å². The second kappa shape index (κ2) is 4.55. The molecule has 0 aliphatic carbocycles. The van der Waals surface area contributed by atoms with Crippen molar-refractivity contribution in [1.29, 1.82) is 0 Å². The van der Waals surface area contributed by atoms with Crippen LogP contribution in [0.2, 0.25) is 0 Å². The van der Waals surface area contributed by atoms with Gasteiger partial charge in [-0.05, 0) is 19.9 Å². The van der Waals surface area contributed by atoms with E-state index in [-0.39, 0.29) is 18.6 Å². The van der Waals surface area contributed by atoms with Gasteiger partial charge in [-0.1, -0.05) is 0 Å². The van der Waals surface area contributed by atoms with Gasteiger partial charge in [0.2, 0.25) is 0 Å². The molecule has 0 aliphatic heterocycles. The van der Waals surface area contributed by atoms with Crippen LogP contribution in [0, 0.1) is 0 Å². The van der Waals surface area contributed by atoms with Crippen LogP contribution < -0.4 is 0 Å². The second-order valence-electron chi connectivity index (χ2n) is 3.09. The fraction of sp³-hybridized carbons (Fsp3) is 0.444. The van der Waals surface area contributed by atoms with Crippen LogP contribution in [0.15, 0.2) is 12.3 Å². The smallest absolute Gasteiger partial charge is 0.328 e. The Morgan fingerprint density at radius 1 is 1.71 bits per heavy atom. The van der Waals surface area contributed by atoms with Crippen molar-refractivity contribution in [3.8, 4) is 0 Å². The molecule has 5 heteroatoms. The number of carbonyl (C=O) groups excluding carboxylic acids is 2. The molecule has 0 amide bonds. The third-order valence-corrected chi connectivity index (χ3v) is 1.44. The number of aldehydes is 1. The Kier molecular flexibility index (Phi) is 3.39. The number of rotatable bonds is 4. The maximum Gasteiger partial charge on any atom is 0.328 e. The number of hydrogen-bond acceptors (Lipinski definition) is 4. The molecule has 0 unspecified atom stereocenters. The molecule has 0 radical (unpaired) electrons. The van der Waals surface area contributed by atoms with Gasteiger partial charge in [0.15, 0.2) is 6.29 Å². The van der Waals surface area contributed by atoms with Gasteiger partial charge < -0.3 is 4.74 Å². The quantitative estimate of drug-likeness (QED) is 0.524. The SMILES string of the molecule is CC(C)OC(=O)Cn1ccc(C=O)n1. The minimum Gasteiger partial charge on any atom is -0.462 e. The molecule has 0 saturated carbocycles. The molecule has 0 bridgehead atoms. The fourth-order valence-corrected chi connectivity index (χ4v) is 0.961. The van der Waals surface area contributed by atoms with Crippen molar-refractivity contribution in [2.75, 3.05) is 0 Å². The number of esters is 1. The molecule has 1 aromatic rings. The summed E-state index contributed by atoms with van der Waals surface area (Å²) in [7, 11) is 0. The topological polar surface area (TPSA) is 61.2 Å². The van der Waals surface area contributed by atoms with E-state index < -0.39 is 0 Å². The third kappa shape index (κ3) is 3.01. The predicted octanol–water partition coefficient (Wildman–Crippen LogP) is 0.647. The zero-order chi connectivity index (χ0) is 10.6. The summed E-state index contributed by atoms with van der Waals surface area (Å²) in [6.07, 6.45) is 2.05. The molecule has 0 spiro atoms. The number of hydrogen-bond donors (Lipinski definition) is 0. The third-order valence-electron chi connectivity index (χ3n) is 1.44. The van der Waals surface area contributed by atoms with Crippen LogP contribution >= 0.6 is 0 Å². The molecule has 0 atom stereocenters. The Hall–Kier alpha value is -1.65. The summed E-state index contributed by atoms with van der Waals surface area (Å²) >= 11 is 0. The summed E-state index contributed by atoms with van der Waals surface area (Å²) < 4.78 is 6.28. The Morgan fingerprint density at radius 3 is 2.93 bits per heavy atom. The number of carbonyl (C=O) groups is 2. The van der Waals surface area contributed by atoms with E-state index in [1.807, 2.05) is 0 Å². The zero-order valence-electron chi connectivity index (χ0n) is 8.14. The van der Waals surface area contributed by atoms with Gasteiger partial charge in [-0.25, -0.2) is 0 Å². The number of ether oxygens (including phenoxy) is 1. The minimum atomic E-state index is -0.361. The van der Waals surface area contributed by atoms with Gasteiger partial charge in [-0.15, -0.1) is 0 Å². The van der Waals surface area contributed by atoms with Crippen LogP contribution in [0.1, 0.15) is 24.3 Å². The summed E-state index contributed by atoms with van der Waals surface area (Å²) in [6.45, 7) is 3.59. The van der Waals surface area contributed by atoms with Crippen LogP contribution in [0.25, 0.3) is 0 Å². The molecule has 1 heterocycles. The molecule has 5 nitrogen and oxygen atoms in total. The molecule has 0 fully saturated rings. The van der Waals surface area contributed by atoms with Gasteiger partial charge in [0.05, 0.1) is 6.10 Å². The highest BCUT2D eigenvalue weighted by Crippen LogP contribution is 1.95. The highest BCUT2D eigenvalue weighted by molar-refractivity contribution is 5.72. The van der Waals surface area contributed by atoms with Crippen LogP contribution in [-0.4, -0.2) is 28.1 Å². The van der Waals surface area contributed by atoms with E-state index in [1.165, 1.54) is 10.7 Å². The van der Waals surface area contributed by atoms with Gasteiger partial charge in [0.1, 0.15) is 12.2 Å². The fourth-order valence-electron chi connectivity index (χ4n) is 0.961. The molecule has 1 rings (SSSR count). The number of nitrogens with zero attached hydrogens (tertiary/aromatic N) is 2. The predicted molar refractivity (Wildman–Crippen MR) is 48.8 cm³/mol. The second-order valence-corrected chi connectivity index (χ2v) is 3.09. The number of aromatic nitrogens is 2. The van der Waals surface area contributed by atoms with E-state index in [2.05, 4.69) is 5.10 Å². The normalized spacial score (nSPS) is 10.2. The Morgan fingerprint density at radius 2 is 2.43 bits per heavy atom. The van der Waals surface area contributed by atoms with Gasteiger partial charge in [0, 0.05) is 6.20 Å². The lowest BCUT2D eigenvalue weighted by Crippen LogP contribution is -2.17. The molecule has 14 heavy (non-hydrogen) atoms. The highest BCUT2D eigenvalue weighted by atomic mass is 16.5. The first-order valence-corrected chi connectivity index (χ1v) is 4.30. The van der Waals surface area contributed by atoms with Crippen molar-refractivity contribution in [3.63, 3.8) is 0 Å². The van der Waals surface area contributed by atoms with E-state index >= 15 is 0 Å². The maximum absolute atomic E-state index is 11.1. The molecular formula is C9H12N2O3. The Labute approximate surface area is 81.7 Å². The Bertz CT molecular complexity index is 331. The van der Waals surface area contributed by atoms with Crippen LogP contribution in [-0.2, 0) is 16.1 Å². The van der Waals surface area contributed by atoms with Crippen LogP contribution in [0.5, 0.6) is 0 Å². The Balaban J connectivity index is 2.51. The summed E-state index contributed by atoms with van der Waals surface area (Å²) in [4.78, 5) is 21.4. The molecule has 0 aliphatic rings. The van der Waals surface area contributed by atoms with E-state index in [9.17, 15) is 9.59 Å². The largest absolute Gasteiger partial charge is 0.462 e. The van der Waals surface area contributed by atoms with Crippen molar-refractivity contribution in [1.82, 2.24) is 9.78 Å². The molecule has 76 valence electrons. The summed E-state index contributed by atoms with van der Waals surface area (Å²) in [5.74, 6) is -0.361. The first-order valence-electron chi connectivity index (χ1n) is 4.30. The average Bonchev–Trinajstić information content (AvgIpc) is 2.50. The van der Waals surface area contributed by atoms with Crippen molar-refractivity contribution in [2.24, 2.45) is 0 Å². The lowest BCUT2D eigenvalue weighted by Gasteiger charge is -2.07. The monoisotopic (exact) mass is 196 g/mol. The summed E-state index contributed by atoms with van der Waals surface area (Å²) in [5.41, 5.74) is 0.308. The van der Waals surface area contributed by atoms with E-state index in [1.54, 1.807) is 20.0 Å². The van der Waals surface area contributed by atoms with Gasteiger partial charge in [-0.2, -0.15) is 5.10 Å². The maximum atomic E-state index is 11.1. The molecule has 0 saturated heterocycles. The zero-order valence-corrected chi connectivity index (χ0v) is 8.14. The lowest BCUT2D eigenvalue weighted by atomic mass is 10.5. The van der Waals surface area contributed by atoms with E-state index in [0.717, 1.165) is 0 Å². The van der Waals surface area contributed by atoms with Crippen LogP contribution in [0.4, 0.5) is 0 Å². The van der Waals surface area contributed by atoms with E-state index in [4.69, 9.17) is 4.74 Å². The van der Waals surface area contributed by atoms with Gasteiger partial charge in [0.25, 0.3) is 0 Å². The summed E-state index contributed by atoms with van der Waals surface area (Å²) in [6, 6.07) is 1.54. The molecule has 0 N–H and O–H groups in total. The van der Waals surface area contributed by atoms with Crippen molar-refractivity contribution < 1.29 is 14.3 Å². The summed E-state index contributed by atoms with van der Waals surface area (Å²) in [5, 5.41) is 3.82. The minimum absolute atomic E-state index is 0.0337. The highest BCUT2D eigenvalue weighted by Gasteiger charge is 2.07. The first kappa shape index (κ1) is 10.4. The molecular weight excluding hydrogens is 184 g/mol. The van der Waals surface area contributed by atoms with Crippen LogP contribution in [0.3, 0.4) is 0 Å². The van der Waals surface area contributed by atoms with Crippen molar-refractivity contribution >= 4 is 12.3 Å². The van der Waals surface area contributed by atoms with Gasteiger partial charge in [-0.3, -0.25) is 14.3 Å². The first-order chi connectivity index (χ1) is 6.61. The standard InChI is InChI=1S/C9H12N2O3/c1-7(2)14-9(13)5-11-4-3-8(6-12)10-11/h3-4,6-7H,5H2,1-2H3. The molecule has 1 aromatic heterocycles.